The zero-order valence-electron chi connectivity index (χ0n) is 11.6. The average molecular weight is 245 g/mol. The molecule has 0 spiro atoms. The number of hydrogen-bond acceptors (Lipinski definition) is 3. The second kappa shape index (κ2) is 4.84. The van der Waals surface area contributed by atoms with Crippen molar-refractivity contribution in [2.45, 2.75) is 34.6 Å². The molecule has 0 aliphatic heterocycles. The van der Waals surface area contributed by atoms with Gasteiger partial charge in [0.15, 0.2) is 0 Å². The largest absolute Gasteiger partial charge is 0.464 e. The molecule has 0 bridgehead atoms. The fourth-order valence-corrected chi connectivity index (χ4v) is 2.12. The highest BCUT2D eigenvalue weighted by atomic mass is 16.6. The summed E-state index contributed by atoms with van der Waals surface area (Å²) in [6, 6.07) is 2.20. The summed E-state index contributed by atoms with van der Waals surface area (Å²) in [5.41, 5.74) is 6.01. The molecule has 0 amide bonds. The molecule has 0 radical (unpaired) electrons. The van der Waals surface area contributed by atoms with Crippen molar-refractivity contribution in [2.75, 3.05) is 6.61 Å². The second-order valence-corrected chi connectivity index (χ2v) is 4.55. The summed E-state index contributed by atoms with van der Waals surface area (Å²) in [5, 5.41) is 0. The lowest BCUT2D eigenvalue weighted by atomic mass is 9.94. The molecule has 0 N–H and O–H groups in total. The standard InChI is InChI=1S/C15H19NO2/c1-6-17-13-8-16-15(18-13)14-11(4)9(2)7-10(3)12(14)5/h7-8H,6H2,1-5H3. The SMILES string of the molecule is CCOc1cnc(-c2c(C)c(C)cc(C)c2C)o1. The van der Waals surface area contributed by atoms with Crippen molar-refractivity contribution < 1.29 is 9.15 Å². The predicted octanol–water partition coefficient (Wildman–Crippen LogP) is 3.97. The molecule has 96 valence electrons. The van der Waals surface area contributed by atoms with Crippen LogP contribution in [-0.4, -0.2) is 11.6 Å². The van der Waals surface area contributed by atoms with Crippen LogP contribution in [0, 0.1) is 27.7 Å². The number of aromatic nitrogens is 1. The molecule has 0 unspecified atom stereocenters. The summed E-state index contributed by atoms with van der Waals surface area (Å²) in [6.07, 6.45) is 1.63. The van der Waals surface area contributed by atoms with E-state index in [1.165, 1.54) is 22.3 Å². The highest BCUT2D eigenvalue weighted by Crippen LogP contribution is 2.32. The van der Waals surface area contributed by atoms with Gasteiger partial charge in [0.05, 0.1) is 6.61 Å². The van der Waals surface area contributed by atoms with Gasteiger partial charge in [-0.25, -0.2) is 4.98 Å². The van der Waals surface area contributed by atoms with E-state index in [9.17, 15) is 0 Å². The van der Waals surface area contributed by atoms with Gasteiger partial charge in [0, 0.05) is 5.56 Å². The van der Waals surface area contributed by atoms with Crippen molar-refractivity contribution in [3.63, 3.8) is 0 Å². The van der Waals surface area contributed by atoms with Crippen LogP contribution < -0.4 is 4.74 Å². The van der Waals surface area contributed by atoms with Gasteiger partial charge in [0.2, 0.25) is 5.89 Å². The first-order valence-electron chi connectivity index (χ1n) is 6.21. The minimum Gasteiger partial charge on any atom is -0.464 e. The van der Waals surface area contributed by atoms with Crippen molar-refractivity contribution in [1.29, 1.82) is 0 Å². The van der Waals surface area contributed by atoms with Gasteiger partial charge in [-0.05, 0) is 56.9 Å². The maximum atomic E-state index is 5.65. The van der Waals surface area contributed by atoms with E-state index in [1.54, 1.807) is 6.20 Å². The van der Waals surface area contributed by atoms with Crippen LogP contribution in [0.3, 0.4) is 0 Å². The van der Waals surface area contributed by atoms with Crippen LogP contribution in [0.1, 0.15) is 29.2 Å². The van der Waals surface area contributed by atoms with E-state index in [1.807, 2.05) is 6.92 Å². The Morgan fingerprint density at radius 2 is 1.72 bits per heavy atom. The zero-order chi connectivity index (χ0) is 13.3. The van der Waals surface area contributed by atoms with Gasteiger partial charge in [0.1, 0.15) is 6.20 Å². The van der Waals surface area contributed by atoms with Crippen LogP contribution in [-0.2, 0) is 0 Å². The lowest BCUT2D eigenvalue weighted by molar-refractivity contribution is 0.260. The molecule has 2 rings (SSSR count). The summed E-state index contributed by atoms with van der Waals surface area (Å²) in [5.74, 6) is 1.12. The molecular formula is C15H19NO2. The molecule has 0 saturated carbocycles. The summed E-state index contributed by atoms with van der Waals surface area (Å²) in [7, 11) is 0. The first kappa shape index (κ1) is 12.7. The Bertz CT molecular complexity index is 544. The molecule has 0 atom stereocenters. The molecule has 0 saturated heterocycles. The molecule has 1 aromatic carbocycles. The van der Waals surface area contributed by atoms with E-state index in [0.717, 1.165) is 5.56 Å². The molecule has 0 aliphatic rings. The Balaban J connectivity index is 2.55. The van der Waals surface area contributed by atoms with Crippen LogP contribution in [0.5, 0.6) is 5.95 Å². The minimum absolute atomic E-state index is 0.477. The summed E-state index contributed by atoms with van der Waals surface area (Å²) >= 11 is 0. The van der Waals surface area contributed by atoms with E-state index >= 15 is 0 Å². The number of oxazole rings is 1. The molecule has 1 aromatic heterocycles. The number of hydrogen-bond donors (Lipinski definition) is 0. The molecule has 3 heteroatoms. The maximum Gasteiger partial charge on any atom is 0.305 e. The summed E-state index contributed by atoms with van der Waals surface area (Å²) in [6.45, 7) is 10.9. The maximum absolute atomic E-state index is 5.65. The second-order valence-electron chi connectivity index (χ2n) is 4.55. The molecular weight excluding hydrogens is 226 g/mol. The Labute approximate surface area is 108 Å². The van der Waals surface area contributed by atoms with Gasteiger partial charge < -0.3 is 9.15 Å². The Kier molecular flexibility index (Phi) is 3.41. The van der Waals surface area contributed by atoms with E-state index < -0.39 is 0 Å². The van der Waals surface area contributed by atoms with Crippen LogP contribution >= 0.6 is 0 Å². The number of rotatable bonds is 3. The first-order valence-corrected chi connectivity index (χ1v) is 6.21. The van der Waals surface area contributed by atoms with Crippen molar-refractivity contribution in [2.24, 2.45) is 0 Å². The van der Waals surface area contributed by atoms with Crippen LogP contribution in [0.15, 0.2) is 16.7 Å². The first-order chi connectivity index (χ1) is 8.54. The molecule has 18 heavy (non-hydrogen) atoms. The van der Waals surface area contributed by atoms with Gasteiger partial charge in [-0.15, -0.1) is 0 Å². The van der Waals surface area contributed by atoms with Gasteiger partial charge >= 0.3 is 5.95 Å². The number of nitrogens with zero attached hydrogens (tertiary/aromatic N) is 1. The highest BCUT2D eigenvalue weighted by molar-refractivity contribution is 5.67. The monoisotopic (exact) mass is 245 g/mol. The lowest BCUT2D eigenvalue weighted by Gasteiger charge is -2.12. The van der Waals surface area contributed by atoms with E-state index in [-0.39, 0.29) is 0 Å². The highest BCUT2D eigenvalue weighted by Gasteiger charge is 2.15. The zero-order valence-corrected chi connectivity index (χ0v) is 11.6. The fraction of sp³-hybridized carbons (Fsp3) is 0.400. The van der Waals surface area contributed by atoms with Gasteiger partial charge in [-0.3, -0.25) is 0 Å². The Morgan fingerprint density at radius 1 is 1.11 bits per heavy atom. The topological polar surface area (TPSA) is 35.3 Å². The normalized spacial score (nSPS) is 10.7. The van der Waals surface area contributed by atoms with Gasteiger partial charge in [0.25, 0.3) is 0 Å². The number of benzene rings is 1. The van der Waals surface area contributed by atoms with Crippen molar-refractivity contribution >= 4 is 0 Å². The average Bonchev–Trinajstić information content (AvgIpc) is 2.76. The van der Waals surface area contributed by atoms with Gasteiger partial charge in [-0.1, -0.05) is 6.07 Å². The number of ether oxygens (including phenoxy) is 1. The quantitative estimate of drug-likeness (QED) is 0.820. The van der Waals surface area contributed by atoms with E-state index in [0.29, 0.717) is 18.4 Å². The third-order valence-electron chi connectivity index (χ3n) is 3.35. The molecule has 1 heterocycles. The fourth-order valence-electron chi connectivity index (χ4n) is 2.12. The third-order valence-corrected chi connectivity index (χ3v) is 3.35. The van der Waals surface area contributed by atoms with Crippen molar-refractivity contribution in [1.82, 2.24) is 4.98 Å². The summed E-state index contributed by atoms with van der Waals surface area (Å²) in [4.78, 5) is 4.32. The molecule has 2 aromatic rings. The minimum atomic E-state index is 0.477. The Hall–Kier alpha value is -1.77. The van der Waals surface area contributed by atoms with Crippen molar-refractivity contribution in [3.8, 4) is 17.4 Å². The van der Waals surface area contributed by atoms with E-state index in [2.05, 4.69) is 38.7 Å². The summed E-state index contributed by atoms with van der Waals surface area (Å²) < 4.78 is 11.0. The van der Waals surface area contributed by atoms with Gasteiger partial charge in [-0.2, -0.15) is 0 Å². The molecule has 0 aliphatic carbocycles. The molecule has 0 fully saturated rings. The van der Waals surface area contributed by atoms with Crippen molar-refractivity contribution in [3.05, 3.63) is 34.5 Å². The Morgan fingerprint density at radius 3 is 2.28 bits per heavy atom. The predicted molar refractivity (Wildman–Crippen MR) is 72.1 cm³/mol. The van der Waals surface area contributed by atoms with Crippen LogP contribution in [0.25, 0.3) is 11.5 Å². The van der Waals surface area contributed by atoms with Crippen LogP contribution in [0.4, 0.5) is 0 Å². The molecule has 3 nitrogen and oxygen atoms in total. The van der Waals surface area contributed by atoms with E-state index in [4.69, 9.17) is 9.15 Å². The third kappa shape index (κ3) is 2.13. The lowest BCUT2D eigenvalue weighted by Crippen LogP contribution is -1.95. The number of aryl methyl sites for hydroxylation is 2. The van der Waals surface area contributed by atoms with Crippen LogP contribution in [0.2, 0.25) is 0 Å². The smallest absolute Gasteiger partial charge is 0.305 e.